The molecule has 0 fully saturated rings. The molecule has 1 aromatic rings. The van der Waals surface area contributed by atoms with E-state index in [4.69, 9.17) is 5.26 Å². The van der Waals surface area contributed by atoms with Crippen molar-refractivity contribution in [2.24, 2.45) is 0 Å². The lowest BCUT2D eigenvalue weighted by atomic mass is 10.4. The second-order valence-corrected chi connectivity index (χ2v) is 4.51. The average Bonchev–Trinajstić information content (AvgIpc) is 2.29. The average molecular weight is 235 g/mol. The van der Waals surface area contributed by atoms with Gasteiger partial charge in [-0.25, -0.2) is 13.4 Å². The van der Waals surface area contributed by atoms with Gasteiger partial charge in [0.2, 0.25) is 10.0 Å². The third-order valence-corrected chi connectivity index (χ3v) is 3.08. The van der Waals surface area contributed by atoms with E-state index in [0.29, 0.717) is 0 Å². The molecule has 1 aromatic heterocycles. The number of hydrogen-bond acceptors (Lipinski definition) is 4. The summed E-state index contributed by atoms with van der Waals surface area (Å²) in [5.41, 5.74) is 0.173. The topological polar surface area (TPSA) is 82.9 Å². The zero-order valence-electron chi connectivity index (χ0n) is 8.56. The SMILES string of the molecule is CC#CCNS(=O)(=O)c1ccc(C#N)nc1. The first-order valence-electron chi connectivity index (χ1n) is 4.35. The summed E-state index contributed by atoms with van der Waals surface area (Å²) in [4.78, 5) is 3.69. The van der Waals surface area contributed by atoms with Gasteiger partial charge in [-0.2, -0.15) is 9.98 Å². The van der Waals surface area contributed by atoms with Crippen LogP contribution in [-0.4, -0.2) is 19.9 Å². The molecule has 1 heterocycles. The summed E-state index contributed by atoms with van der Waals surface area (Å²) >= 11 is 0. The number of nitrogens with zero attached hydrogens (tertiary/aromatic N) is 2. The summed E-state index contributed by atoms with van der Waals surface area (Å²) in [5, 5.41) is 8.51. The van der Waals surface area contributed by atoms with Crippen molar-refractivity contribution in [1.29, 1.82) is 5.26 Å². The van der Waals surface area contributed by atoms with Crippen molar-refractivity contribution in [3.05, 3.63) is 24.0 Å². The van der Waals surface area contributed by atoms with Gasteiger partial charge in [-0.15, -0.1) is 5.92 Å². The molecule has 0 saturated heterocycles. The number of nitriles is 1. The zero-order chi connectivity index (χ0) is 12.0. The van der Waals surface area contributed by atoms with E-state index in [1.54, 1.807) is 6.92 Å². The van der Waals surface area contributed by atoms with Crippen LogP contribution in [0.1, 0.15) is 12.6 Å². The van der Waals surface area contributed by atoms with Crippen LogP contribution in [0.3, 0.4) is 0 Å². The molecule has 0 aliphatic heterocycles. The highest BCUT2D eigenvalue weighted by Gasteiger charge is 2.12. The first-order chi connectivity index (χ1) is 7.60. The van der Waals surface area contributed by atoms with Gasteiger partial charge in [-0.1, -0.05) is 5.92 Å². The number of aromatic nitrogens is 1. The Morgan fingerprint density at radius 1 is 1.50 bits per heavy atom. The third-order valence-electron chi connectivity index (χ3n) is 1.69. The quantitative estimate of drug-likeness (QED) is 0.761. The second-order valence-electron chi connectivity index (χ2n) is 2.74. The molecule has 82 valence electrons. The number of hydrogen-bond donors (Lipinski definition) is 1. The molecule has 0 aromatic carbocycles. The van der Waals surface area contributed by atoms with Gasteiger partial charge in [0.1, 0.15) is 16.7 Å². The molecule has 0 unspecified atom stereocenters. The normalized spacial score (nSPS) is 10.0. The maximum Gasteiger partial charge on any atom is 0.242 e. The van der Waals surface area contributed by atoms with Crippen LogP contribution in [0.25, 0.3) is 0 Å². The Hall–Kier alpha value is -1.89. The Kier molecular flexibility index (Phi) is 4.01. The van der Waals surface area contributed by atoms with Crippen molar-refractivity contribution in [2.75, 3.05) is 6.54 Å². The van der Waals surface area contributed by atoms with E-state index in [2.05, 4.69) is 21.5 Å². The molecule has 0 radical (unpaired) electrons. The van der Waals surface area contributed by atoms with Crippen LogP contribution in [0.15, 0.2) is 23.2 Å². The summed E-state index contributed by atoms with van der Waals surface area (Å²) in [6.45, 7) is 1.68. The molecule has 0 bridgehead atoms. The number of rotatable bonds is 3. The molecule has 6 heteroatoms. The molecule has 0 amide bonds. The standard InChI is InChI=1S/C10H9N3O2S/c1-2-3-6-13-16(14,15)10-5-4-9(7-11)12-8-10/h4-5,8,13H,6H2,1H3. The van der Waals surface area contributed by atoms with E-state index in [0.717, 1.165) is 6.20 Å². The molecule has 0 saturated carbocycles. The Labute approximate surface area is 94.2 Å². The minimum absolute atomic E-state index is 0.0180. The summed E-state index contributed by atoms with van der Waals surface area (Å²) in [5.74, 6) is 5.16. The van der Waals surface area contributed by atoms with Crippen LogP contribution in [0.2, 0.25) is 0 Å². The van der Waals surface area contributed by atoms with Crippen molar-refractivity contribution >= 4 is 10.0 Å². The lowest BCUT2D eigenvalue weighted by Gasteiger charge is -2.02. The predicted molar refractivity (Wildman–Crippen MR) is 57.6 cm³/mol. The van der Waals surface area contributed by atoms with E-state index in [1.165, 1.54) is 12.1 Å². The van der Waals surface area contributed by atoms with Crippen molar-refractivity contribution in [3.63, 3.8) is 0 Å². The van der Waals surface area contributed by atoms with E-state index in [-0.39, 0.29) is 17.1 Å². The molecular weight excluding hydrogens is 226 g/mol. The van der Waals surface area contributed by atoms with Crippen molar-refractivity contribution < 1.29 is 8.42 Å². The van der Waals surface area contributed by atoms with Gasteiger partial charge in [0.25, 0.3) is 0 Å². The largest absolute Gasteiger partial charge is 0.244 e. The molecule has 5 nitrogen and oxygen atoms in total. The Bertz CT molecular complexity index is 559. The third kappa shape index (κ3) is 3.06. The van der Waals surface area contributed by atoms with Gasteiger partial charge in [-0.3, -0.25) is 0 Å². The highest BCUT2D eigenvalue weighted by Crippen LogP contribution is 2.06. The van der Waals surface area contributed by atoms with Gasteiger partial charge < -0.3 is 0 Å². The molecule has 0 aliphatic rings. The van der Waals surface area contributed by atoms with Gasteiger partial charge >= 0.3 is 0 Å². The monoisotopic (exact) mass is 235 g/mol. The fraction of sp³-hybridized carbons (Fsp3) is 0.200. The second kappa shape index (κ2) is 5.26. The molecule has 0 atom stereocenters. The number of pyridine rings is 1. The first-order valence-corrected chi connectivity index (χ1v) is 5.84. The summed E-state index contributed by atoms with van der Waals surface area (Å²) in [6.07, 6.45) is 1.14. The molecule has 1 rings (SSSR count). The maximum atomic E-state index is 11.6. The molecular formula is C10H9N3O2S. The van der Waals surface area contributed by atoms with Gasteiger partial charge in [0.15, 0.2) is 0 Å². The van der Waals surface area contributed by atoms with Crippen molar-refractivity contribution in [3.8, 4) is 17.9 Å². The van der Waals surface area contributed by atoms with Crippen LogP contribution in [0, 0.1) is 23.2 Å². The predicted octanol–water partition coefficient (Wildman–Crippen LogP) is 0.255. The fourth-order valence-electron chi connectivity index (χ4n) is 0.908. The zero-order valence-corrected chi connectivity index (χ0v) is 9.37. The lowest BCUT2D eigenvalue weighted by molar-refractivity contribution is 0.585. The van der Waals surface area contributed by atoms with Crippen LogP contribution >= 0.6 is 0 Å². The van der Waals surface area contributed by atoms with E-state index < -0.39 is 10.0 Å². The molecule has 16 heavy (non-hydrogen) atoms. The Morgan fingerprint density at radius 2 is 2.25 bits per heavy atom. The minimum atomic E-state index is -3.58. The van der Waals surface area contributed by atoms with E-state index in [1.807, 2.05) is 6.07 Å². The lowest BCUT2D eigenvalue weighted by Crippen LogP contribution is -2.24. The van der Waals surface area contributed by atoms with Gasteiger partial charge in [0, 0.05) is 6.20 Å². The van der Waals surface area contributed by atoms with Crippen molar-refractivity contribution in [2.45, 2.75) is 11.8 Å². The van der Waals surface area contributed by atoms with Crippen LogP contribution < -0.4 is 4.72 Å². The molecule has 1 N–H and O–H groups in total. The van der Waals surface area contributed by atoms with Crippen molar-refractivity contribution in [1.82, 2.24) is 9.71 Å². The van der Waals surface area contributed by atoms with Gasteiger partial charge in [0.05, 0.1) is 6.54 Å². The van der Waals surface area contributed by atoms with Gasteiger partial charge in [-0.05, 0) is 19.1 Å². The van der Waals surface area contributed by atoms with E-state index >= 15 is 0 Å². The van der Waals surface area contributed by atoms with Crippen LogP contribution in [0.5, 0.6) is 0 Å². The first kappa shape index (κ1) is 12.2. The molecule has 0 spiro atoms. The van der Waals surface area contributed by atoms with Crippen LogP contribution in [0.4, 0.5) is 0 Å². The fourth-order valence-corrected chi connectivity index (χ4v) is 1.78. The highest BCUT2D eigenvalue weighted by atomic mass is 32.2. The number of sulfonamides is 1. The Morgan fingerprint density at radius 3 is 2.75 bits per heavy atom. The maximum absolute atomic E-state index is 11.6. The Balaban J connectivity index is 2.89. The number of nitrogens with one attached hydrogen (secondary N) is 1. The van der Waals surface area contributed by atoms with E-state index in [9.17, 15) is 8.42 Å². The summed E-state index contributed by atoms with van der Waals surface area (Å²) in [6, 6.07) is 4.48. The summed E-state index contributed by atoms with van der Waals surface area (Å²) in [7, 11) is -3.58. The minimum Gasteiger partial charge on any atom is -0.244 e. The summed E-state index contributed by atoms with van der Waals surface area (Å²) < 4.78 is 25.5. The van der Waals surface area contributed by atoms with Crippen LogP contribution in [-0.2, 0) is 10.0 Å². The smallest absolute Gasteiger partial charge is 0.242 e. The molecule has 0 aliphatic carbocycles. The highest BCUT2D eigenvalue weighted by molar-refractivity contribution is 7.89.